The molecule has 0 spiro atoms. The van der Waals surface area contributed by atoms with Gasteiger partial charge in [-0.25, -0.2) is 0 Å². The third kappa shape index (κ3) is 4.33. The topological polar surface area (TPSA) is 69.7 Å². The van der Waals surface area contributed by atoms with Crippen molar-refractivity contribution < 1.29 is 14.4 Å². The summed E-state index contributed by atoms with van der Waals surface area (Å²) in [4.78, 5) is 40.8. The molecular weight excluding hydrogens is 390 g/mol. The van der Waals surface area contributed by atoms with Gasteiger partial charge in [0.1, 0.15) is 0 Å². The molecule has 0 bridgehead atoms. The summed E-state index contributed by atoms with van der Waals surface area (Å²) in [5.74, 6) is -0.224. The van der Waals surface area contributed by atoms with Crippen molar-refractivity contribution in [3.63, 3.8) is 0 Å². The average Bonchev–Trinajstić information content (AvgIpc) is 2.94. The van der Waals surface area contributed by atoms with Crippen molar-refractivity contribution in [1.82, 2.24) is 9.80 Å². The van der Waals surface area contributed by atoms with Crippen LogP contribution in [0.2, 0.25) is 5.02 Å². The van der Waals surface area contributed by atoms with E-state index in [1.807, 2.05) is 0 Å². The second-order valence-corrected chi connectivity index (χ2v) is 7.98. The average molecular weight is 412 g/mol. The van der Waals surface area contributed by atoms with Crippen LogP contribution in [0.3, 0.4) is 0 Å². The van der Waals surface area contributed by atoms with Gasteiger partial charge >= 0.3 is 0 Å². The van der Waals surface area contributed by atoms with Gasteiger partial charge in [-0.15, -0.1) is 0 Å². The van der Waals surface area contributed by atoms with Crippen LogP contribution in [-0.2, 0) is 4.79 Å². The van der Waals surface area contributed by atoms with Crippen LogP contribution in [0.4, 0.5) is 5.69 Å². The lowest BCUT2D eigenvalue weighted by atomic mass is 9.96. The standard InChI is InChI=1S/C22H22ClN3O3/c23-16-4-3-5-17(12-16)24-20(27)14-25-10-8-15(9-11-25)13-26-21(28)18-6-1-2-7-19(18)22(26)29/h1-7,12,15H,8-11,13-14H2,(H,24,27). The van der Waals surface area contributed by atoms with E-state index in [9.17, 15) is 14.4 Å². The molecule has 0 saturated carbocycles. The number of nitrogens with one attached hydrogen (secondary N) is 1. The second-order valence-electron chi connectivity index (χ2n) is 7.54. The number of carbonyl (C=O) groups excluding carboxylic acids is 3. The van der Waals surface area contributed by atoms with E-state index < -0.39 is 0 Å². The fraction of sp³-hybridized carbons (Fsp3) is 0.318. The fourth-order valence-electron chi connectivity index (χ4n) is 3.96. The van der Waals surface area contributed by atoms with Crippen molar-refractivity contribution in [3.8, 4) is 0 Å². The van der Waals surface area contributed by atoms with Crippen LogP contribution >= 0.6 is 11.6 Å². The predicted molar refractivity (Wildman–Crippen MR) is 111 cm³/mol. The molecule has 150 valence electrons. The van der Waals surface area contributed by atoms with Gasteiger partial charge in [-0.3, -0.25) is 24.2 Å². The first-order chi connectivity index (χ1) is 14.0. The number of hydrogen-bond donors (Lipinski definition) is 1. The molecule has 7 heteroatoms. The summed E-state index contributed by atoms with van der Waals surface area (Å²) in [5, 5.41) is 3.44. The van der Waals surface area contributed by atoms with Gasteiger partial charge in [-0.05, 0) is 62.2 Å². The second kappa shape index (κ2) is 8.35. The molecule has 2 aliphatic rings. The summed E-state index contributed by atoms with van der Waals surface area (Å²) in [6.45, 7) is 2.27. The molecule has 0 aliphatic carbocycles. The Bertz CT molecular complexity index is 919. The van der Waals surface area contributed by atoms with E-state index in [1.165, 1.54) is 4.90 Å². The molecule has 2 aromatic rings. The summed E-state index contributed by atoms with van der Waals surface area (Å²) in [5.41, 5.74) is 1.67. The van der Waals surface area contributed by atoms with Gasteiger partial charge in [-0.2, -0.15) is 0 Å². The normalized spacial score (nSPS) is 17.5. The quantitative estimate of drug-likeness (QED) is 0.766. The zero-order valence-electron chi connectivity index (χ0n) is 15.9. The largest absolute Gasteiger partial charge is 0.325 e. The summed E-state index contributed by atoms with van der Waals surface area (Å²) >= 11 is 5.94. The highest BCUT2D eigenvalue weighted by Crippen LogP contribution is 2.26. The predicted octanol–water partition coefficient (Wildman–Crippen LogP) is 3.29. The summed E-state index contributed by atoms with van der Waals surface area (Å²) < 4.78 is 0. The SMILES string of the molecule is O=C(CN1CCC(CN2C(=O)c3ccccc3C2=O)CC1)Nc1cccc(Cl)c1. The van der Waals surface area contributed by atoms with Gasteiger partial charge in [0, 0.05) is 17.3 Å². The molecule has 0 unspecified atom stereocenters. The van der Waals surface area contributed by atoms with Crippen molar-refractivity contribution in [2.24, 2.45) is 5.92 Å². The number of carbonyl (C=O) groups is 3. The Kier molecular flexibility index (Phi) is 5.65. The Morgan fingerprint density at radius 1 is 1.00 bits per heavy atom. The maximum atomic E-state index is 12.5. The number of anilines is 1. The van der Waals surface area contributed by atoms with Crippen molar-refractivity contribution in [1.29, 1.82) is 0 Å². The molecule has 2 aliphatic heterocycles. The minimum Gasteiger partial charge on any atom is -0.325 e. The van der Waals surface area contributed by atoms with Crippen molar-refractivity contribution in [2.45, 2.75) is 12.8 Å². The van der Waals surface area contributed by atoms with E-state index in [-0.39, 0.29) is 23.6 Å². The first kappa shape index (κ1) is 19.6. The lowest BCUT2D eigenvalue weighted by Crippen LogP contribution is -2.43. The Balaban J connectivity index is 1.26. The Morgan fingerprint density at radius 3 is 2.28 bits per heavy atom. The zero-order valence-corrected chi connectivity index (χ0v) is 16.7. The smallest absolute Gasteiger partial charge is 0.261 e. The van der Waals surface area contributed by atoms with Gasteiger partial charge in [-0.1, -0.05) is 29.8 Å². The molecule has 4 rings (SSSR count). The van der Waals surface area contributed by atoms with E-state index in [1.54, 1.807) is 48.5 Å². The monoisotopic (exact) mass is 411 g/mol. The number of amides is 3. The molecule has 3 amide bonds. The summed E-state index contributed by atoms with van der Waals surface area (Å²) in [6, 6.07) is 14.0. The van der Waals surface area contributed by atoms with E-state index in [0.29, 0.717) is 34.9 Å². The molecular formula is C22H22ClN3O3. The number of likely N-dealkylation sites (tertiary alicyclic amines) is 1. The van der Waals surface area contributed by atoms with Crippen LogP contribution in [0.15, 0.2) is 48.5 Å². The highest BCUT2D eigenvalue weighted by Gasteiger charge is 2.36. The Hall–Kier alpha value is -2.70. The summed E-state index contributed by atoms with van der Waals surface area (Å²) in [6.07, 6.45) is 1.69. The van der Waals surface area contributed by atoms with E-state index in [2.05, 4.69) is 10.2 Å². The highest BCUT2D eigenvalue weighted by atomic mass is 35.5. The van der Waals surface area contributed by atoms with Crippen LogP contribution in [0.25, 0.3) is 0 Å². The third-order valence-corrected chi connectivity index (χ3v) is 5.74. The van der Waals surface area contributed by atoms with Crippen LogP contribution < -0.4 is 5.32 Å². The molecule has 6 nitrogen and oxygen atoms in total. The van der Waals surface area contributed by atoms with E-state index in [4.69, 9.17) is 11.6 Å². The first-order valence-electron chi connectivity index (χ1n) is 9.74. The molecule has 0 radical (unpaired) electrons. The van der Waals surface area contributed by atoms with Gasteiger partial charge < -0.3 is 5.32 Å². The van der Waals surface area contributed by atoms with Crippen molar-refractivity contribution in [3.05, 3.63) is 64.7 Å². The number of piperidine rings is 1. The zero-order chi connectivity index (χ0) is 20.4. The number of halogens is 1. The highest BCUT2D eigenvalue weighted by molar-refractivity contribution is 6.30. The molecule has 1 saturated heterocycles. The minimum atomic E-state index is -0.200. The molecule has 1 fully saturated rings. The summed E-state index contributed by atoms with van der Waals surface area (Å²) in [7, 11) is 0. The molecule has 0 atom stereocenters. The lowest BCUT2D eigenvalue weighted by molar-refractivity contribution is -0.117. The van der Waals surface area contributed by atoms with Gasteiger partial charge in [0.05, 0.1) is 17.7 Å². The van der Waals surface area contributed by atoms with E-state index >= 15 is 0 Å². The Labute approximate surface area is 174 Å². The molecule has 2 aromatic carbocycles. The van der Waals surface area contributed by atoms with Gasteiger partial charge in [0.15, 0.2) is 0 Å². The van der Waals surface area contributed by atoms with E-state index in [0.717, 1.165) is 25.9 Å². The third-order valence-electron chi connectivity index (χ3n) is 5.50. The first-order valence-corrected chi connectivity index (χ1v) is 10.1. The van der Waals surface area contributed by atoms with Crippen LogP contribution in [0, 0.1) is 5.92 Å². The number of imide groups is 1. The van der Waals surface area contributed by atoms with Crippen LogP contribution in [0.1, 0.15) is 33.6 Å². The maximum Gasteiger partial charge on any atom is 0.261 e. The van der Waals surface area contributed by atoms with Crippen molar-refractivity contribution >= 4 is 35.0 Å². The number of benzene rings is 2. The van der Waals surface area contributed by atoms with Crippen LogP contribution in [-0.4, -0.2) is 53.7 Å². The van der Waals surface area contributed by atoms with Gasteiger partial charge in [0.2, 0.25) is 5.91 Å². The number of fused-ring (bicyclic) bond motifs is 1. The lowest BCUT2D eigenvalue weighted by Gasteiger charge is -2.33. The Morgan fingerprint density at radius 2 is 1.66 bits per heavy atom. The maximum absolute atomic E-state index is 12.5. The van der Waals surface area contributed by atoms with Crippen LogP contribution in [0.5, 0.6) is 0 Å². The number of nitrogens with zero attached hydrogens (tertiary/aromatic N) is 2. The molecule has 1 N–H and O–H groups in total. The number of rotatable bonds is 5. The van der Waals surface area contributed by atoms with Crippen molar-refractivity contribution in [2.75, 3.05) is 31.5 Å². The fourth-order valence-corrected chi connectivity index (χ4v) is 4.15. The number of hydrogen-bond acceptors (Lipinski definition) is 4. The molecule has 2 heterocycles. The minimum absolute atomic E-state index is 0.0777. The molecule has 29 heavy (non-hydrogen) atoms. The van der Waals surface area contributed by atoms with Gasteiger partial charge in [0.25, 0.3) is 11.8 Å². The molecule has 0 aromatic heterocycles.